The van der Waals surface area contributed by atoms with Crippen LogP contribution in [0.5, 0.6) is 0 Å². The summed E-state index contributed by atoms with van der Waals surface area (Å²) in [6.45, 7) is 4.66. The highest BCUT2D eigenvalue weighted by Crippen LogP contribution is 2.26. The largest absolute Gasteiger partial charge is 0.330 e. The minimum atomic E-state index is -0.984. The minimum Gasteiger partial charge on any atom is -0.330 e. The normalized spacial score (nSPS) is 11.6. The molecular weight excluding hydrogens is 236 g/mol. The second-order valence-corrected chi connectivity index (χ2v) is 5.25. The van der Waals surface area contributed by atoms with E-state index in [-0.39, 0.29) is 16.8 Å². The van der Waals surface area contributed by atoms with Crippen LogP contribution in [0.25, 0.3) is 0 Å². The van der Waals surface area contributed by atoms with Crippen molar-refractivity contribution in [3.05, 3.63) is 35.4 Å². The van der Waals surface area contributed by atoms with Crippen LogP contribution in [0.4, 0.5) is 8.78 Å². The smallest absolute Gasteiger partial charge is 0.163 e. The lowest BCUT2D eigenvalue weighted by atomic mass is 9.83. The summed E-state index contributed by atoms with van der Waals surface area (Å²) in [6, 6.07) is 3.25. The molecule has 1 aromatic carbocycles. The van der Waals surface area contributed by atoms with Gasteiger partial charge in [-0.25, -0.2) is 8.78 Å². The van der Waals surface area contributed by atoms with Gasteiger partial charge in [0.15, 0.2) is 17.4 Å². The Kier molecular flexibility index (Phi) is 4.96. The first-order valence-corrected chi connectivity index (χ1v) is 6.04. The maximum absolute atomic E-state index is 13.0. The van der Waals surface area contributed by atoms with Crippen LogP contribution < -0.4 is 5.73 Å². The number of ketones is 1. The van der Waals surface area contributed by atoms with Crippen LogP contribution in [0.3, 0.4) is 0 Å². The van der Waals surface area contributed by atoms with Crippen LogP contribution in [0, 0.1) is 17.0 Å². The summed E-state index contributed by atoms with van der Waals surface area (Å²) < 4.78 is 25.7. The van der Waals surface area contributed by atoms with Gasteiger partial charge in [-0.2, -0.15) is 0 Å². The fraction of sp³-hybridized carbons (Fsp3) is 0.500. The third-order valence-electron chi connectivity index (χ3n) is 3.09. The number of carbonyl (C=O) groups excluding carboxylic acids is 1. The number of hydrogen-bond acceptors (Lipinski definition) is 2. The molecule has 0 amide bonds. The molecule has 0 atom stereocenters. The first-order valence-electron chi connectivity index (χ1n) is 6.04. The number of nitrogens with two attached hydrogens (primary N) is 1. The molecule has 0 heterocycles. The molecule has 2 nitrogen and oxygen atoms in total. The maximum Gasteiger partial charge on any atom is 0.163 e. The fourth-order valence-electron chi connectivity index (χ4n) is 1.78. The molecule has 0 saturated carbocycles. The zero-order chi connectivity index (χ0) is 13.8. The van der Waals surface area contributed by atoms with Gasteiger partial charge in [0, 0.05) is 12.0 Å². The van der Waals surface area contributed by atoms with E-state index in [1.807, 2.05) is 13.8 Å². The van der Waals surface area contributed by atoms with Crippen molar-refractivity contribution in [2.45, 2.75) is 33.1 Å². The van der Waals surface area contributed by atoms with Crippen LogP contribution in [0.15, 0.2) is 18.2 Å². The lowest BCUT2D eigenvalue weighted by Crippen LogP contribution is -2.18. The van der Waals surface area contributed by atoms with E-state index in [4.69, 9.17) is 5.73 Å². The molecule has 1 aromatic rings. The van der Waals surface area contributed by atoms with E-state index in [9.17, 15) is 13.6 Å². The zero-order valence-corrected chi connectivity index (χ0v) is 10.8. The Labute approximate surface area is 106 Å². The summed E-state index contributed by atoms with van der Waals surface area (Å²) in [5.74, 6) is -2.09. The number of benzene rings is 1. The highest BCUT2D eigenvalue weighted by Gasteiger charge is 2.19. The summed E-state index contributed by atoms with van der Waals surface area (Å²) in [4.78, 5) is 11.8. The third kappa shape index (κ3) is 4.18. The van der Waals surface area contributed by atoms with Crippen LogP contribution in [-0.2, 0) is 0 Å². The molecule has 0 fully saturated rings. The lowest BCUT2D eigenvalue weighted by molar-refractivity contribution is 0.0961. The molecule has 0 unspecified atom stereocenters. The zero-order valence-electron chi connectivity index (χ0n) is 10.8. The SMILES string of the molecule is CC(C)(CCN)CCC(=O)c1ccc(F)c(F)c1. The molecule has 18 heavy (non-hydrogen) atoms. The maximum atomic E-state index is 13.0. The molecule has 0 bridgehead atoms. The molecule has 4 heteroatoms. The van der Waals surface area contributed by atoms with Gasteiger partial charge >= 0.3 is 0 Å². The Morgan fingerprint density at radius 2 is 1.89 bits per heavy atom. The third-order valence-corrected chi connectivity index (χ3v) is 3.09. The fourth-order valence-corrected chi connectivity index (χ4v) is 1.78. The number of halogens is 2. The second kappa shape index (κ2) is 6.05. The molecule has 2 N–H and O–H groups in total. The van der Waals surface area contributed by atoms with Gasteiger partial charge < -0.3 is 5.73 Å². The van der Waals surface area contributed by atoms with Crippen LogP contribution in [0.1, 0.15) is 43.5 Å². The minimum absolute atomic E-state index is 0.0109. The van der Waals surface area contributed by atoms with E-state index in [1.54, 1.807) is 0 Å². The predicted octanol–water partition coefficient (Wildman–Crippen LogP) is 3.30. The van der Waals surface area contributed by atoms with E-state index in [0.717, 1.165) is 18.6 Å². The molecule has 0 saturated heterocycles. The van der Waals surface area contributed by atoms with Crippen LogP contribution in [-0.4, -0.2) is 12.3 Å². The first kappa shape index (κ1) is 14.8. The molecular formula is C14H19F2NO. The molecule has 100 valence electrons. The molecule has 0 aromatic heterocycles. The van der Waals surface area contributed by atoms with Gasteiger partial charge in [0.25, 0.3) is 0 Å². The van der Waals surface area contributed by atoms with Crippen LogP contribution in [0.2, 0.25) is 0 Å². The van der Waals surface area contributed by atoms with Gasteiger partial charge in [-0.15, -0.1) is 0 Å². The molecule has 0 aliphatic carbocycles. The average molecular weight is 255 g/mol. The highest BCUT2D eigenvalue weighted by atomic mass is 19.2. The summed E-state index contributed by atoms with van der Waals surface area (Å²) in [6.07, 6.45) is 1.83. The Balaban J connectivity index is 2.63. The van der Waals surface area contributed by atoms with Gasteiger partial charge in [-0.05, 0) is 43.0 Å². The van der Waals surface area contributed by atoms with Crippen molar-refractivity contribution in [3.63, 3.8) is 0 Å². The van der Waals surface area contributed by atoms with Gasteiger partial charge in [0.1, 0.15) is 0 Å². The second-order valence-electron chi connectivity index (χ2n) is 5.25. The van der Waals surface area contributed by atoms with Crippen molar-refractivity contribution in [3.8, 4) is 0 Å². The van der Waals surface area contributed by atoms with E-state index in [0.29, 0.717) is 19.4 Å². The van der Waals surface area contributed by atoms with Crippen molar-refractivity contribution in [1.82, 2.24) is 0 Å². The van der Waals surface area contributed by atoms with E-state index >= 15 is 0 Å². The Morgan fingerprint density at radius 1 is 1.22 bits per heavy atom. The number of rotatable bonds is 6. The van der Waals surface area contributed by atoms with Gasteiger partial charge in [0.2, 0.25) is 0 Å². The van der Waals surface area contributed by atoms with Crippen molar-refractivity contribution in [2.75, 3.05) is 6.54 Å². The molecule has 0 aliphatic heterocycles. The molecule has 0 aliphatic rings. The summed E-state index contributed by atoms with van der Waals surface area (Å²) in [7, 11) is 0. The lowest BCUT2D eigenvalue weighted by Gasteiger charge is -2.23. The van der Waals surface area contributed by atoms with Gasteiger partial charge in [0.05, 0.1) is 0 Å². The highest BCUT2D eigenvalue weighted by molar-refractivity contribution is 5.96. The Hall–Kier alpha value is -1.29. The Morgan fingerprint density at radius 3 is 2.44 bits per heavy atom. The van der Waals surface area contributed by atoms with E-state index in [2.05, 4.69) is 0 Å². The summed E-state index contributed by atoms with van der Waals surface area (Å²) in [5.41, 5.74) is 5.70. The first-order chi connectivity index (χ1) is 8.35. The van der Waals surface area contributed by atoms with E-state index < -0.39 is 11.6 Å². The Bertz CT molecular complexity index is 430. The quantitative estimate of drug-likeness (QED) is 0.792. The molecule has 0 radical (unpaired) electrons. The predicted molar refractivity (Wildman–Crippen MR) is 67.4 cm³/mol. The van der Waals surface area contributed by atoms with Gasteiger partial charge in [-0.3, -0.25) is 4.79 Å². The summed E-state index contributed by atoms with van der Waals surface area (Å²) >= 11 is 0. The number of Topliss-reactive ketones (excluding diaryl/α,β-unsaturated/α-hetero) is 1. The van der Waals surface area contributed by atoms with Crippen molar-refractivity contribution >= 4 is 5.78 Å². The topological polar surface area (TPSA) is 43.1 Å². The molecule has 0 spiro atoms. The van der Waals surface area contributed by atoms with E-state index in [1.165, 1.54) is 6.07 Å². The van der Waals surface area contributed by atoms with Crippen molar-refractivity contribution < 1.29 is 13.6 Å². The summed E-state index contributed by atoms with van der Waals surface area (Å²) in [5, 5.41) is 0. The van der Waals surface area contributed by atoms with Gasteiger partial charge in [-0.1, -0.05) is 13.8 Å². The monoisotopic (exact) mass is 255 g/mol. The number of carbonyl (C=O) groups is 1. The number of hydrogen-bond donors (Lipinski definition) is 1. The standard InChI is InChI=1S/C14H19F2NO/c1-14(2,7-8-17)6-5-13(18)10-3-4-11(15)12(16)9-10/h3-4,9H,5-8,17H2,1-2H3. The van der Waals surface area contributed by atoms with Crippen molar-refractivity contribution in [1.29, 1.82) is 0 Å². The van der Waals surface area contributed by atoms with Crippen LogP contribution >= 0.6 is 0 Å². The average Bonchev–Trinajstić information content (AvgIpc) is 2.30. The van der Waals surface area contributed by atoms with Crippen molar-refractivity contribution in [2.24, 2.45) is 11.1 Å². The molecule has 1 rings (SSSR count).